The Morgan fingerprint density at radius 2 is 1.93 bits per heavy atom. The third kappa shape index (κ3) is 2.58. The van der Waals surface area contributed by atoms with E-state index in [0.29, 0.717) is 5.92 Å². The Morgan fingerprint density at radius 1 is 1.33 bits per heavy atom. The second-order valence-electron chi connectivity index (χ2n) is 4.33. The minimum absolute atomic E-state index is 0.0127. The first kappa shape index (κ1) is 11.8. The van der Waals surface area contributed by atoms with Crippen molar-refractivity contribution in [2.45, 2.75) is 34.6 Å². The zero-order chi connectivity index (χ0) is 11.6. The number of hydrogen-bond acceptors (Lipinski definition) is 2. The summed E-state index contributed by atoms with van der Waals surface area (Å²) in [6, 6.07) is 0. The fourth-order valence-corrected chi connectivity index (χ4v) is 1.27. The summed E-state index contributed by atoms with van der Waals surface area (Å²) >= 11 is 0. The molecule has 1 atom stereocenters. The van der Waals surface area contributed by atoms with Crippen LogP contribution < -0.4 is 5.32 Å². The molecule has 1 amide bonds. The van der Waals surface area contributed by atoms with E-state index in [9.17, 15) is 4.79 Å². The highest BCUT2D eigenvalue weighted by molar-refractivity contribution is 5.93. The molecular formula is C11H19N3O. The maximum atomic E-state index is 11.8. The Morgan fingerprint density at radius 3 is 2.33 bits per heavy atom. The lowest BCUT2D eigenvalue weighted by Gasteiger charge is -2.15. The molecule has 0 saturated carbocycles. The number of nitrogens with one attached hydrogen (secondary N) is 2. The van der Waals surface area contributed by atoms with Crippen molar-refractivity contribution in [3.8, 4) is 0 Å². The Bertz CT molecular complexity index is 335. The van der Waals surface area contributed by atoms with E-state index in [1.54, 1.807) is 0 Å². The largest absolute Gasteiger partial charge is 0.323 e. The van der Waals surface area contributed by atoms with E-state index in [1.165, 1.54) is 0 Å². The average molecular weight is 209 g/mol. The third-order valence-corrected chi connectivity index (χ3v) is 2.79. The number of hydrogen-bond donors (Lipinski definition) is 2. The molecule has 1 rings (SSSR count). The van der Waals surface area contributed by atoms with E-state index in [-0.39, 0.29) is 11.8 Å². The summed E-state index contributed by atoms with van der Waals surface area (Å²) in [5, 5.41) is 9.79. The molecule has 0 aliphatic rings. The summed E-state index contributed by atoms with van der Waals surface area (Å²) in [5.74, 6) is 0.411. The van der Waals surface area contributed by atoms with Crippen molar-refractivity contribution >= 4 is 11.6 Å². The summed E-state index contributed by atoms with van der Waals surface area (Å²) in [6.07, 6.45) is 0. The van der Waals surface area contributed by atoms with E-state index < -0.39 is 0 Å². The van der Waals surface area contributed by atoms with Crippen LogP contribution in [0.5, 0.6) is 0 Å². The molecule has 0 aliphatic heterocycles. The number of anilines is 1. The lowest BCUT2D eigenvalue weighted by atomic mass is 9.97. The minimum atomic E-state index is 0.0127. The molecule has 1 heterocycles. The van der Waals surface area contributed by atoms with Gasteiger partial charge in [0.15, 0.2) is 0 Å². The van der Waals surface area contributed by atoms with E-state index in [1.807, 2.05) is 34.6 Å². The van der Waals surface area contributed by atoms with E-state index >= 15 is 0 Å². The summed E-state index contributed by atoms with van der Waals surface area (Å²) < 4.78 is 0. The molecule has 0 saturated heterocycles. The molecule has 0 aromatic carbocycles. The molecule has 15 heavy (non-hydrogen) atoms. The zero-order valence-electron chi connectivity index (χ0n) is 10.0. The number of rotatable bonds is 3. The Hall–Kier alpha value is -1.32. The molecule has 0 bridgehead atoms. The number of carbonyl (C=O) groups excluding carboxylic acids is 1. The van der Waals surface area contributed by atoms with Gasteiger partial charge in [0.25, 0.3) is 0 Å². The molecule has 0 fully saturated rings. The molecule has 0 aliphatic carbocycles. The van der Waals surface area contributed by atoms with Gasteiger partial charge in [0.1, 0.15) is 0 Å². The smallest absolute Gasteiger partial charge is 0.227 e. The maximum Gasteiger partial charge on any atom is 0.227 e. The zero-order valence-corrected chi connectivity index (χ0v) is 10.0. The van der Waals surface area contributed by atoms with Crippen LogP contribution >= 0.6 is 0 Å². The van der Waals surface area contributed by atoms with Crippen LogP contribution in [0.1, 0.15) is 32.2 Å². The quantitative estimate of drug-likeness (QED) is 0.802. The summed E-state index contributed by atoms with van der Waals surface area (Å²) in [6.45, 7) is 9.79. The molecule has 4 heteroatoms. The molecule has 1 aromatic rings. The molecular weight excluding hydrogens is 190 g/mol. The Kier molecular flexibility index (Phi) is 3.50. The van der Waals surface area contributed by atoms with Crippen LogP contribution in [0.2, 0.25) is 0 Å². The van der Waals surface area contributed by atoms with Crippen LogP contribution in [0.15, 0.2) is 0 Å². The summed E-state index contributed by atoms with van der Waals surface area (Å²) in [4.78, 5) is 11.8. The van der Waals surface area contributed by atoms with Crippen molar-refractivity contribution in [1.29, 1.82) is 0 Å². The molecule has 0 spiro atoms. The van der Waals surface area contributed by atoms with E-state index in [2.05, 4.69) is 15.5 Å². The molecule has 2 N–H and O–H groups in total. The van der Waals surface area contributed by atoms with Gasteiger partial charge < -0.3 is 5.32 Å². The van der Waals surface area contributed by atoms with Crippen molar-refractivity contribution in [3.05, 3.63) is 11.4 Å². The monoisotopic (exact) mass is 209 g/mol. The number of nitrogens with zero attached hydrogens (tertiary/aromatic N) is 1. The van der Waals surface area contributed by atoms with Gasteiger partial charge in [-0.15, -0.1) is 0 Å². The first-order chi connectivity index (χ1) is 6.93. The van der Waals surface area contributed by atoms with E-state index in [4.69, 9.17) is 0 Å². The van der Waals surface area contributed by atoms with Gasteiger partial charge in [0.2, 0.25) is 5.91 Å². The van der Waals surface area contributed by atoms with Crippen LogP contribution in [0.25, 0.3) is 0 Å². The second kappa shape index (κ2) is 4.47. The highest BCUT2D eigenvalue weighted by Crippen LogP contribution is 2.19. The molecule has 0 radical (unpaired) electrons. The SMILES string of the molecule is Cc1n[nH]c(C)c1NC(=O)C(C)C(C)C. The van der Waals surface area contributed by atoms with E-state index in [0.717, 1.165) is 17.1 Å². The van der Waals surface area contributed by atoms with Gasteiger partial charge in [-0.1, -0.05) is 20.8 Å². The number of H-pyrrole nitrogens is 1. The molecule has 84 valence electrons. The normalized spacial score (nSPS) is 12.9. The van der Waals surface area contributed by atoms with Crippen LogP contribution in [0.4, 0.5) is 5.69 Å². The number of aromatic nitrogens is 2. The number of carbonyl (C=O) groups is 1. The van der Waals surface area contributed by atoms with Gasteiger partial charge in [-0.2, -0.15) is 5.10 Å². The summed E-state index contributed by atoms with van der Waals surface area (Å²) in [7, 11) is 0. The van der Waals surface area contributed by atoms with Crippen molar-refractivity contribution in [1.82, 2.24) is 10.2 Å². The number of amides is 1. The van der Waals surface area contributed by atoms with Gasteiger partial charge in [-0.25, -0.2) is 0 Å². The third-order valence-electron chi connectivity index (χ3n) is 2.79. The lowest BCUT2D eigenvalue weighted by molar-refractivity contribution is -0.120. The predicted molar refractivity (Wildman–Crippen MR) is 60.7 cm³/mol. The fourth-order valence-electron chi connectivity index (χ4n) is 1.27. The maximum absolute atomic E-state index is 11.8. The Balaban J connectivity index is 2.75. The van der Waals surface area contributed by atoms with Gasteiger partial charge in [0.05, 0.1) is 17.1 Å². The van der Waals surface area contributed by atoms with Crippen LogP contribution in [0.3, 0.4) is 0 Å². The minimum Gasteiger partial charge on any atom is -0.323 e. The highest BCUT2D eigenvalue weighted by atomic mass is 16.1. The lowest BCUT2D eigenvalue weighted by Crippen LogP contribution is -2.24. The predicted octanol–water partition coefficient (Wildman–Crippen LogP) is 2.26. The van der Waals surface area contributed by atoms with Gasteiger partial charge >= 0.3 is 0 Å². The average Bonchev–Trinajstić information content (AvgIpc) is 2.47. The van der Waals surface area contributed by atoms with Gasteiger partial charge in [0, 0.05) is 5.92 Å². The first-order valence-corrected chi connectivity index (χ1v) is 5.26. The Labute approximate surface area is 90.5 Å². The van der Waals surface area contributed by atoms with Crippen molar-refractivity contribution in [3.63, 3.8) is 0 Å². The van der Waals surface area contributed by atoms with Crippen LogP contribution in [-0.2, 0) is 4.79 Å². The van der Waals surface area contributed by atoms with Crippen LogP contribution in [0, 0.1) is 25.7 Å². The first-order valence-electron chi connectivity index (χ1n) is 5.26. The molecule has 1 unspecified atom stereocenters. The van der Waals surface area contributed by atoms with Crippen molar-refractivity contribution < 1.29 is 4.79 Å². The van der Waals surface area contributed by atoms with Gasteiger partial charge in [-0.05, 0) is 19.8 Å². The topological polar surface area (TPSA) is 57.8 Å². The number of aromatic amines is 1. The number of aryl methyl sites for hydroxylation is 2. The standard InChI is InChI=1S/C11H19N3O/c1-6(2)7(3)11(15)12-10-8(4)13-14-9(10)5/h6-7H,1-5H3,(H,12,15)(H,13,14). The highest BCUT2D eigenvalue weighted by Gasteiger charge is 2.18. The summed E-state index contributed by atoms with van der Waals surface area (Å²) in [5.41, 5.74) is 2.54. The molecule has 1 aromatic heterocycles. The van der Waals surface area contributed by atoms with Crippen molar-refractivity contribution in [2.24, 2.45) is 11.8 Å². The second-order valence-corrected chi connectivity index (χ2v) is 4.33. The fraction of sp³-hybridized carbons (Fsp3) is 0.636. The van der Waals surface area contributed by atoms with Crippen molar-refractivity contribution in [2.75, 3.05) is 5.32 Å². The van der Waals surface area contributed by atoms with Gasteiger partial charge in [-0.3, -0.25) is 9.89 Å². The molecule has 4 nitrogen and oxygen atoms in total. The van der Waals surface area contributed by atoms with Crippen LogP contribution in [-0.4, -0.2) is 16.1 Å².